The quantitative estimate of drug-likeness (QED) is 0.110. The van der Waals surface area contributed by atoms with Crippen LogP contribution >= 0.6 is 47.8 Å². The van der Waals surface area contributed by atoms with E-state index in [4.69, 9.17) is 0 Å². The van der Waals surface area contributed by atoms with Crippen molar-refractivity contribution in [2.45, 2.75) is 0 Å². The number of hydrogen-bond donors (Lipinski definition) is 0. The van der Waals surface area contributed by atoms with Gasteiger partial charge in [-0.15, -0.1) is 15.0 Å². The van der Waals surface area contributed by atoms with Crippen molar-refractivity contribution in [2.75, 3.05) is 0 Å². The van der Waals surface area contributed by atoms with Gasteiger partial charge in [0.15, 0.2) is 34.9 Å². The summed E-state index contributed by atoms with van der Waals surface area (Å²) in [6.45, 7) is 0. The number of halogens is 15. The third-order valence-corrected chi connectivity index (χ3v) is 6.75. The molecule has 0 bridgehead atoms. The zero-order chi connectivity index (χ0) is 31.4. The van der Waals surface area contributed by atoms with E-state index in [1.807, 2.05) is 0 Å². The molecule has 0 atom stereocenters. The van der Waals surface area contributed by atoms with Gasteiger partial charge in [-0.3, -0.25) is 0 Å². The summed E-state index contributed by atoms with van der Waals surface area (Å²) in [5, 5.41) is 0. The SMILES string of the molecule is Fc1c(F)c(Oc2nc(Oc3c(F)c(F)c(Br)c(F)c3F)nc(Oc3c(F)c(F)c(Br)c(F)c3F)n2)c(F)c(F)c1Br. The van der Waals surface area contributed by atoms with E-state index in [0.29, 0.717) is 0 Å². The summed E-state index contributed by atoms with van der Waals surface area (Å²) in [7, 11) is 0. The van der Waals surface area contributed by atoms with E-state index in [-0.39, 0.29) is 0 Å². The minimum atomic E-state index is -2.23. The molecule has 0 saturated carbocycles. The molecule has 0 radical (unpaired) electrons. The highest BCUT2D eigenvalue weighted by atomic mass is 79.9. The molecule has 0 fully saturated rings. The van der Waals surface area contributed by atoms with E-state index in [0.717, 1.165) is 0 Å². The van der Waals surface area contributed by atoms with Crippen molar-refractivity contribution >= 4 is 47.8 Å². The number of nitrogens with zero attached hydrogens (tertiary/aromatic N) is 3. The molecule has 0 saturated heterocycles. The van der Waals surface area contributed by atoms with Gasteiger partial charge in [0.2, 0.25) is 52.2 Å². The summed E-state index contributed by atoms with van der Waals surface area (Å²) >= 11 is 6.66. The number of ether oxygens (including phenoxy) is 3. The van der Waals surface area contributed by atoms with Gasteiger partial charge in [-0.2, -0.15) is 26.3 Å². The first-order valence-corrected chi connectivity index (χ1v) is 12.3. The highest BCUT2D eigenvalue weighted by Crippen LogP contribution is 2.39. The first-order valence-electron chi connectivity index (χ1n) is 9.90. The van der Waals surface area contributed by atoms with Gasteiger partial charge in [-0.05, 0) is 47.8 Å². The molecular formula is C21Br3F12N3O3. The highest BCUT2D eigenvalue weighted by molar-refractivity contribution is 9.11. The lowest BCUT2D eigenvalue weighted by Crippen LogP contribution is -2.08. The molecule has 1 aromatic heterocycles. The van der Waals surface area contributed by atoms with Crippen molar-refractivity contribution < 1.29 is 66.9 Å². The zero-order valence-corrected chi connectivity index (χ0v) is 23.5. The van der Waals surface area contributed by atoms with Crippen LogP contribution in [0.5, 0.6) is 35.3 Å². The first kappa shape index (κ1) is 31.6. The Hall–Kier alpha value is -3.33. The number of rotatable bonds is 6. The molecule has 4 aromatic rings. The number of benzene rings is 3. The van der Waals surface area contributed by atoms with Crippen molar-refractivity contribution in [3.8, 4) is 35.3 Å². The standard InChI is InChI=1S/C21Br3F12N3O3/c22-1-4(25)10(31)16(11(32)5(1)26)40-19-37-20(41-17-12(33)6(27)2(23)7(28)13(17)34)39-21(38-19)42-18-14(35)8(29)3(24)9(30)15(18)36. The van der Waals surface area contributed by atoms with Crippen LogP contribution in [-0.4, -0.2) is 15.0 Å². The Labute approximate surface area is 247 Å². The molecule has 0 aliphatic heterocycles. The van der Waals surface area contributed by atoms with Gasteiger partial charge in [-0.1, -0.05) is 0 Å². The van der Waals surface area contributed by atoms with Gasteiger partial charge < -0.3 is 14.2 Å². The third-order valence-electron chi connectivity index (χ3n) is 4.66. The van der Waals surface area contributed by atoms with Crippen molar-refractivity contribution in [3.05, 3.63) is 83.2 Å². The molecule has 4 rings (SSSR count). The number of hydrogen-bond acceptors (Lipinski definition) is 6. The Morgan fingerprint density at radius 2 is 0.476 bits per heavy atom. The second kappa shape index (κ2) is 11.7. The Balaban J connectivity index is 1.90. The summed E-state index contributed by atoms with van der Waals surface area (Å²) in [6.07, 6.45) is 0. The number of aromatic nitrogens is 3. The summed E-state index contributed by atoms with van der Waals surface area (Å²) in [6, 6.07) is -4.77. The molecule has 1 heterocycles. The average Bonchev–Trinajstić information content (AvgIpc) is 2.97. The molecule has 0 spiro atoms. The van der Waals surface area contributed by atoms with Gasteiger partial charge in [-0.25, -0.2) is 26.3 Å². The lowest BCUT2D eigenvalue weighted by Gasteiger charge is -2.13. The second-order valence-corrected chi connectivity index (χ2v) is 9.57. The first-order chi connectivity index (χ1) is 19.6. The van der Waals surface area contributed by atoms with Crippen LogP contribution in [0.4, 0.5) is 52.7 Å². The minimum Gasteiger partial charge on any atom is -0.418 e. The highest BCUT2D eigenvalue weighted by Gasteiger charge is 2.31. The molecule has 6 nitrogen and oxygen atoms in total. The Bertz CT molecular complexity index is 1500. The van der Waals surface area contributed by atoms with E-state index < -0.39 is 119 Å². The maximum atomic E-state index is 14.3. The second-order valence-electron chi connectivity index (χ2n) is 7.19. The molecule has 3 aromatic carbocycles. The van der Waals surface area contributed by atoms with Crippen LogP contribution in [0.15, 0.2) is 13.4 Å². The summed E-state index contributed by atoms with van der Waals surface area (Å²) < 4.78 is 179. The average molecular weight is 810 g/mol. The lowest BCUT2D eigenvalue weighted by atomic mass is 10.3. The monoisotopic (exact) mass is 807 g/mol. The van der Waals surface area contributed by atoms with Crippen LogP contribution in [0.25, 0.3) is 0 Å². The molecule has 222 valence electrons. The van der Waals surface area contributed by atoms with Crippen LogP contribution in [0.1, 0.15) is 0 Å². The molecule has 0 N–H and O–H groups in total. The van der Waals surface area contributed by atoms with Gasteiger partial charge in [0.1, 0.15) is 0 Å². The van der Waals surface area contributed by atoms with E-state index >= 15 is 0 Å². The molecular weight excluding hydrogens is 810 g/mol. The van der Waals surface area contributed by atoms with Crippen molar-refractivity contribution in [1.82, 2.24) is 15.0 Å². The molecule has 42 heavy (non-hydrogen) atoms. The third kappa shape index (κ3) is 5.43. The smallest absolute Gasteiger partial charge is 0.331 e. The lowest BCUT2D eigenvalue weighted by molar-refractivity contribution is 0.303. The topological polar surface area (TPSA) is 66.4 Å². The van der Waals surface area contributed by atoms with Crippen molar-refractivity contribution in [3.63, 3.8) is 0 Å². The van der Waals surface area contributed by atoms with Crippen molar-refractivity contribution in [1.29, 1.82) is 0 Å². The fourth-order valence-electron chi connectivity index (χ4n) is 2.75. The van der Waals surface area contributed by atoms with Crippen LogP contribution in [0.3, 0.4) is 0 Å². The maximum Gasteiger partial charge on any atom is 0.331 e. The molecule has 0 aliphatic carbocycles. The fraction of sp³-hybridized carbons (Fsp3) is 0. The van der Waals surface area contributed by atoms with Crippen LogP contribution in [-0.2, 0) is 0 Å². The van der Waals surface area contributed by atoms with E-state index in [9.17, 15) is 52.7 Å². The van der Waals surface area contributed by atoms with Gasteiger partial charge in [0.05, 0.1) is 13.4 Å². The van der Waals surface area contributed by atoms with Crippen LogP contribution in [0, 0.1) is 69.8 Å². The van der Waals surface area contributed by atoms with E-state index in [1.54, 1.807) is 0 Å². The zero-order valence-electron chi connectivity index (χ0n) is 18.7. The van der Waals surface area contributed by atoms with Gasteiger partial charge in [0.25, 0.3) is 0 Å². The fourth-order valence-corrected chi connectivity index (χ4v) is 3.80. The predicted octanol–water partition coefficient (Wildman–Crippen LogP) is 9.21. The van der Waals surface area contributed by atoms with Gasteiger partial charge in [0, 0.05) is 0 Å². The summed E-state index contributed by atoms with van der Waals surface area (Å²) in [4.78, 5) is 9.35. The predicted molar refractivity (Wildman–Crippen MR) is 122 cm³/mol. The normalized spacial score (nSPS) is 11.2. The van der Waals surface area contributed by atoms with E-state index in [1.165, 1.54) is 0 Å². The van der Waals surface area contributed by atoms with Crippen molar-refractivity contribution in [2.24, 2.45) is 0 Å². The molecule has 0 unspecified atom stereocenters. The van der Waals surface area contributed by atoms with Crippen LogP contribution in [0.2, 0.25) is 0 Å². The summed E-state index contributed by atoms with van der Waals surface area (Å²) in [5.41, 5.74) is 0. The minimum absolute atomic E-state index is 1.33. The van der Waals surface area contributed by atoms with Gasteiger partial charge >= 0.3 is 18.0 Å². The Kier molecular flexibility index (Phi) is 8.84. The Morgan fingerprint density at radius 3 is 0.643 bits per heavy atom. The maximum absolute atomic E-state index is 14.3. The molecule has 0 aliphatic rings. The largest absolute Gasteiger partial charge is 0.418 e. The van der Waals surface area contributed by atoms with E-state index in [2.05, 4.69) is 77.0 Å². The van der Waals surface area contributed by atoms with Crippen LogP contribution < -0.4 is 14.2 Å². The molecule has 0 amide bonds. The Morgan fingerprint density at radius 1 is 0.310 bits per heavy atom. The summed E-state index contributed by atoms with van der Waals surface area (Å²) in [5.74, 6) is -31.5. The molecule has 21 heteroatoms.